The molecule has 0 aliphatic carbocycles. The van der Waals surface area contributed by atoms with E-state index < -0.39 is 51.2 Å². The molecule has 0 heterocycles. The highest BCUT2D eigenvalue weighted by molar-refractivity contribution is 5.79. The van der Waals surface area contributed by atoms with Gasteiger partial charge in [-0.15, -0.1) is 0 Å². The van der Waals surface area contributed by atoms with Crippen LogP contribution in [-0.4, -0.2) is 22.4 Å². The second-order valence-electron chi connectivity index (χ2n) is 3.63. The van der Waals surface area contributed by atoms with Crippen LogP contribution in [0.5, 0.6) is 0 Å². The number of nitrogens with one attached hydrogen (secondary N) is 1. The second-order valence-corrected chi connectivity index (χ2v) is 3.63. The molecule has 12 heteroatoms. The van der Waals surface area contributed by atoms with Crippen LogP contribution >= 0.6 is 0 Å². The highest BCUT2D eigenvalue weighted by Crippen LogP contribution is 2.40. The highest BCUT2D eigenvalue weighted by atomic mass is 19.4. The van der Waals surface area contributed by atoms with E-state index in [1.807, 2.05) is 5.32 Å². The number of halogens is 3. The first-order valence-corrected chi connectivity index (χ1v) is 5.01. The van der Waals surface area contributed by atoms with Gasteiger partial charge in [0.15, 0.2) is 5.69 Å². The third-order valence-corrected chi connectivity index (χ3v) is 2.23. The Hall–Kier alpha value is -2.92. The zero-order valence-corrected chi connectivity index (χ0v) is 9.84. The normalized spacial score (nSPS) is 11.0. The Morgan fingerprint density at radius 3 is 1.86 bits per heavy atom. The summed E-state index contributed by atoms with van der Waals surface area (Å²) in [5, 5.41) is 33.5. The second kappa shape index (κ2) is 5.60. The molecule has 0 amide bonds. The number of aliphatic carboxylic acids is 1. The molecule has 0 saturated carbocycles. The molecule has 1 N–H and O–H groups in total. The minimum absolute atomic E-state index is 0.0740. The van der Waals surface area contributed by atoms with Gasteiger partial charge in [0.1, 0.15) is 0 Å². The molecule has 9 nitrogen and oxygen atoms in total. The van der Waals surface area contributed by atoms with Crippen molar-refractivity contribution >= 4 is 23.0 Å². The van der Waals surface area contributed by atoms with Crippen molar-refractivity contribution in [3.8, 4) is 0 Å². The molecule has 0 aliphatic heterocycles. The van der Waals surface area contributed by atoms with E-state index in [1.54, 1.807) is 0 Å². The van der Waals surface area contributed by atoms with Crippen LogP contribution in [0.2, 0.25) is 0 Å². The van der Waals surface area contributed by atoms with E-state index in [2.05, 4.69) is 0 Å². The highest BCUT2D eigenvalue weighted by Gasteiger charge is 2.37. The molecule has 1 rings (SSSR count). The number of hydrogen-bond donors (Lipinski definition) is 1. The molecule has 0 radical (unpaired) electrons. The van der Waals surface area contributed by atoms with Crippen molar-refractivity contribution < 1.29 is 32.9 Å². The number of carboxylic acids is 1. The number of hydrogen-bond acceptors (Lipinski definition) is 7. The molecule has 21 heavy (non-hydrogen) atoms. The van der Waals surface area contributed by atoms with Crippen LogP contribution in [0, 0.1) is 20.2 Å². The van der Waals surface area contributed by atoms with Gasteiger partial charge in [-0.2, -0.15) is 13.2 Å². The van der Waals surface area contributed by atoms with E-state index in [9.17, 15) is 43.3 Å². The summed E-state index contributed by atoms with van der Waals surface area (Å²) in [6, 6.07) is 0.148. The lowest BCUT2D eigenvalue weighted by Gasteiger charge is -2.11. The fraction of sp³-hybridized carbons (Fsp3) is 0.222. The topological polar surface area (TPSA) is 138 Å². The number of nitro benzene ring substituents is 2. The number of benzene rings is 1. The number of carbonyl (C=O) groups is 1. The van der Waals surface area contributed by atoms with Crippen LogP contribution in [0.15, 0.2) is 12.1 Å². The van der Waals surface area contributed by atoms with Gasteiger partial charge in [0, 0.05) is 12.1 Å². The first-order chi connectivity index (χ1) is 9.54. The van der Waals surface area contributed by atoms with Crippen molar-refractivity contribution in [2.24, 2.45) is 0 Å². The molecule has 0 saturated heterocycles. The third kappa shape index (κ3) is 3.77. The summed E-state index contributed by atoms with van der Waals surface area (Å²) in [6.45, 7) is -1.05. The molecule has 0 aromatic heterocycles. The van der Waals surface area contributed by atoms with E-state index in [0.717, 1.165) is 0 Å². The zero-order chi connectivity index (χ0) is 16.4. The van der Waals surface area contributed by atoms with Crippen molar-refractivity contribution in [2.45, 2.75) is 6.18 Å². The number of nitro groups is 2. The van der Waals surface area contributed by atoms with Gasteiger partial charge < -0.3 is 15.2 Å². The van der Waals surface area contributed by atoms with Crippen LogP contribution in [0.4, 0.5) is 30.2 Å². The lowest BCUT2D eigenvalue weighted by atomic mass is 10.1. The van der Waals surface area contributed by atoms with Crippen LogP contribution < -0.4 is 10.4 Å². The van der Waals surface area contributed by atoms with Crippen molar-refractivity contribution in [3.63, 3.8) is 0 Å². The number of alkyl halides is 3. The third-order valence-electron chi connectivity index (χ3n) is 2.23. The quantitative estimate of drug-likeness (QED) is 0.623. The zero-order valence-electron chi connectivity index (χ0n) is 9.84. The molecule has 1 aromatic carbocycles. The minimum Gasteiger partial charge on any atom is -0.548 e. The summed E-state index contributed by atoms with van der Waals surface area (Å²) in [7, 11) is 0. The SMILES string of the molecule is O=C([O-])CNc1c([N+](=O)[O-])cc(C(F)(F)F)cc1[N+](=O)[O-]. The minimum atomic E-state index is -5.04. The average molecular weight is 308 g/mol. The molecule has 0 aliphatic rings. The number of rotatable bonds is 5. The maximum atomic E-state index is 12.6. The van der Waals surface area contributed by atoms with Crippen molar-refractivity contribution in [1.29, 1.82) is 0 Å². The summed E-state index contributed by atoms with van der Waals surface area (Å²) in [6.07, 6.45) is -5.04. The lowest BCUT2D eigenvalue weighted by Crippen LogP contribution is -2.30. The Bertz CT molecular complexity index is 580. The molecule has 0 unspecified atom stereocenters. The van der Waals surface area contributed by atoms with E-state index in [1.165, 1.54) is 0 Å². The van der Waals surface area contributed by atoms with E-state index in [0.29, 0.717) is 0 Å². The Balaban J connectivity index is 3.55. The Morgan fingerprint density at radius 1 is 1.14 bits per heavy atom. The standard InChI is InChI=1S/C9H6F3N3O6/c10-9(11,12)4-1-5(14(18)19)8(13-3-7(16)17)6(2-4)15(20)21/h1-2,13H,3H2,(H,16,17)/p-1. The molecule has 0 bridgehead atoms. The molecular weight excluding hydrogens is 303 g/mol. The van der Waals surface area contributed by atoms with Gasteiger partial charge in [-0.25, -0.2) is 0 Å². The lowest BCUT2D eigenvalue weighted by molar-refractivity contribution is -0.392. The van der Waals surface area contributed by atoms with E-state index in [-0.39, 0.29) is 12.1 Å². The van der Waals surface area contributed by atoms with Gasteiger partial charge >= 0.3 is 6.18 Å². The smallest absolute Gasteiger partial charge is 0.416 e. The molecule has 1 aromatic rings. The number of carboxylic acid groups (broad SMARTS) is 1. The predicted molar refractivity (Wildman–Crippen MR) is 58.2 cm³/mol. The number of carbonyl (C=O) groups excluding carboxylic acids is 1. The van der Waals surface area contributed by atoms with Gasteiger partial charge in [-0.1, -0.05) is 0 Å². The first-order valence-electron chi connectivity index (χ1n) is 5.01. The van der Waals surface area contributed by atoms with Crippen molar-refractivity contribution in [2.75, 3.05) is 11.9 Å². The molecular formula is C9H5F3N3O6-. The maximum absolute atomic E-state index is 12.6. The first kappa shape index (κ1) is 16.1. The molecule has 114 valence electrons. The van der Waals surface area contributed by atoms with Crippen molar-refractivity contribution in [3.05, 3.63) is 37.9 Å². The molecule has 0 atom stereocenters. The van der Waals surface area contributed by atoms with Gasteiger partial charge in [0.05, 0.1) is 27.9 Å². The summed E-state index contributed by atoms with van der Waals surface area (Å²) < 4.78 is 37.7. The van der Waals surface area contributed by atoms with Crippen LogP contribution in [0.25, 0.3) is 0 Å². The summed E-state index contributed by atoms with van der Waals surface area (Å²) in [5.41, 5.74) is -5.07. The van der Waals surface area contributed by atoms with Crippen LogP contribution in [0.3, 0.4) is 0 Å². The molecule has 0 fully saturated rings. The fourth-order valence-electron chi connectivity index (χ4n) is 1.41. The van der Waals surface area contributed by atoms with Gasteiger partial charge in [0.2, 0.25) is 0 Å². The Morgan fingerprint density at radius 2 is 1.57 bits per heavy atom. The van der Waals surface area contributed by atoms with Crippen molar-refractivity contribution in [1.82, 2.24) is 0 Å². The van der Waals surface area contributed by atoms with Gasteiger partial charge in [-0.3, -0.25) is 20.2 Å². The fourth-order valence-corrected chi connectivity index (χ4v) is 1.41. The summed E-state index contributed by atoms with van der Waals surface area (Å²) in [5.74, 6) is -1.75. The van der Waals surface area contributed by atoms with Crippen LogP contribution in [0.1, 0.15) is 5.56 Å². The van der Waals surface area contributed by atoms with Crippen LogP contribution in [-0.2, 0) is 11.0 Å². The monoisotopic (exact) mass is 308 g/mol. The van der Waals surface area contributed by atoms with Gasteiger partial charge in [0.25, 0.3) is 11.4 Å². The molecule has 0 spiro atoms. The predicted octanol–water partition coefficient (Wildman–Crippen LogP) is 0.684. The number of nitrogens with zero attached hydrogens (tertiary/aromatic N) is 2. The van der Waals surface area contributed by atoms with E-state index in [4.69, 9.17) is 0 Å². The van der Waals surface area contributed by atoms with Gasteiger partial charge in [-0.05, 0) is 0 Å². The summed E-state index contributed by atoms with van der Waals surface area (Å²) >= 11 is 0. The number of anilines is 1. The average Bonchev–Trinajstić information content (AvgIpc) is 2.33. The Kier molecular flexibility index (Phi) is 4.30. The largest absolute Gasteiger partial charge is 0.548 e. The summed E-state index contributed by atoms with van der Waals surface area (Å²) in [4.78, 5) is 29.2. The van der Waals surface area contributed by atoms with E-state index >= 15 is 0 Å². The maximum Gasteiger partial charge on any atom is 0.416 e. The Labute approximate surface area is 113 Å².